The van der Waals surface area contributed by atoms with Crippen LogP contribution >= 0.6 is 11.3 Å². The second-order valence-electron chi connectivity index (χ2n) is 5.60. The summed E-state index contributed by atoms with van der Waals surface area (Å²) in [6.07, 6.45) is 0.499. The van der Waals surface area contributed by atoms with Crippen LogP contribution in [0.4, 0.5) is 0 Å². The van der Waals surface area contributed by atoms with Crippen molar-refractivity contribution in [3.63, 3.8) is 0 Å². The number of rotatable bonds is 3. The quantitative estimate of drug-likeness (QED) is 0.938. The number of carbonyl (C=O) groups is 1. The molecule has 2 heterocycles. The van der Waals surface area contributed by atoms with Gasteiger partial charge in [0.25, 0.3) is 5.91 Å². The van der Waals surface area contributed by atoms with Crippen LogP contribution < -0.4 is 5.32 Å². The molecule has 116 valence electrons. The maximum Gasteiger partial charge on any atom is 0.262 e. The minimum Gasteiger partial charge on any atom is -0.348 e. The van der Waals surface area contributed by atoms with Crippen molar-refractivity contribution < 1.29 is 13.2 Å². The lowest BCUT2D eigenvalue weighted by Gasteiger charge is -2.11. The van der Waals surface area contributed by atoms with Crippen molar-refractivity contribution in [3.8, 4) is 11.1 Å². The summed E-state index contributed by atoms with van der Waals surface area (Å²) in [5.74, 6) is 0.0182. The predicted molar refractivity (Wildman–Crippen MR) is 89.0 cm³/mol. The van der Waals surface area contributed by atoms with Gasteiger partial charge in [0.1, 0.15) is 0 Å². The lowest BCUT2D eigenvalue weighted by Crippen LogP contribution is -2.35. The SMILES string of the molecule is Cc1ccc(-c2ccsc2C(=O)NC2CCS(=O)(=O)C2)cc1. The molecule has 3 rings (SSSR count). The van der Waals surface area contributed by atoms with E-state index < -0.39 is 9.84 Å². The summed E-state index contributed by atoms with van der Waals surface area (Å²) in [6.45, 7) is 2.02. The van der Waals surface area contributed by atoms with E-state index in [0.29, 0.717) is 11.3 Å². The van der Waals surface area contributed by atoms with Crippen molar-refractivity contribution in [2.75, 3.05) is 11.5 Å². The van der Waals surface area contributed by atoms with Gasteiger partial charge in [-0.15, -0.1) is 11.3 Å². The van der Waals surface area contributed by atoms with E-state index in [1.807, 2.05) is 42.6 Å². The molecule has 6 heteroatoms. The first-order valence-corrected chi connectivity index (χ1v) is 9.80. The van der Waals surface area contributed by atoms with Gasteiger partial charge in [0.2, 0.25) is 0 Å². The van der Waals surface area contributed by atoms with Crippen LogP contribution in [0.1, 0.15) is 21.7 Å². The fourth-order valence-corrected chi connectivity index (χ4v) is 5.10. The lowest BCUT2D eigenvalue weighted by molar-refractivity contribution is 0.0946. The van der Waals surface area contributed by atoms with Crippen molar-refractivity contribution in [3.05, 3.63) is 46.2 Å². The summed E-state index contributed by atoms with van der Waals surface area (Å²) >= 11 is 1.38. The first kappa shape index (κ1) is 15.2. The molecule has 1 fully saturated rings. The lowest BCUT2D eigenvalue weighted by atomic mass is 10.0. The summed E-state index contributed by atoms with van der Waals surface area (Å²) < 4.78 is 23.0. The zero-order valence-electron chi connectivity index (χ0n) is 12.2. The molecule has 1 N–H and O–H groups in total. The Morgan fingerprint density at radius 3 is 2.59 bits per heavy atom. The average Bonchev–Trinajstić information content (AvgIpc) is 3.06. The third-order valence-electron chi connectivity index (χ3n) is 3.80. The highest BCUT2D eigenvalue weighted by Gasteiger charge is 2.29. The Morgan fingerprint density at radius 1 is 1.23 bits per heavy atom. The Kier molecular flexibility index (Phi) is 4.06. The van der Waals surface area contributed by atoms with Crippen LogP contribution in [-0.2, 0) is 9.84 Å². The molecule has 1 aromatic heterocycles. The van der Waals surface area contributed by atoms with Crippen LogP contribution in [0.3, 0.4) is 0 Å². The highest BCUT2D eigenvalue weighted by atomic mass is 32.2. The molecule has 1 saturated heterocycles. The summed E-state index contributed by atoms with van der Waals surface area (Å²) in [7, 11) is -2.99. The molecule has 0 radical (unpaired) electrons. The minimum absolute atomic E-state index is 0.0456. The molecular weight excluding hydrogens is 318 g/mol. The van der Waals surface area contributed by atoms with E-state index in [1.165, 1.54) is 16.9 Å². The summed E-state index contributed by atoms with van der Waals surface area (Å²) in [4.78, 5) is 13.1. The van der Waals surface area contributed by atoms with Gasteiger partial charge in [0.15, 0.2) is 9.84 Å². The van der Waals surface area contributed by atoms with Crippen LogP contribution in [0.5, 0.6) is 0 Å². The normalized spacial score (nSPS) is 20.0. The first-order valence-electron chi connectivity index (χ1n) is 7.10. The maximum atomic E-state index is 12.4. The molecule has 0 aliphatic carbocycles. The Labute approximate surface area is 134 Å². The average molecular weight is 335 g/mol. The number of hydrogen-bond donors (Lipinski definition) is 1. The number of sulfone groups is 1. The van der Waals surface area contributed by atoms with Crippen molar-refractivity contribution in [2.45, 2.75) is 19.4 Å². The van der Waals surface area contributed by atoms with E-state index in [2.05, 4.69) is 5.32 Å². The monoisotopic (exact) mass is 335 g/mol. The molecule has 0 bridgehead atoms. The Hall–Kier alpha value is -1.66. The highest BCUT2D eigenvalue weighted by molar-refractivity contribution is 7.91. The molecule has 1 aromatic carbocycles. The zero-order chi connectivity index (χ0) is 15.7. The van der Waals surface area contributed by atoms with Crippen LogP contribution in [0, 0.1) is 6.92 Å². The molecule has 1 aliphatic rings. The van der Waals surface area contributed by atoms with E-state index in [0.717, 1.165) is 11.1 Å². The fourth-order valence-electron chi connectivity index (χ4n) is 2.61. The van der Waals surface area contributed by atoms with Crippen molar-refractivity contribution in [1.82, 2.24) is 5.32 Å². The standard InChI is InChI=1S/C16H17NO3S2/c1-11-2-4-12(5-3-11)14-6-8-21-15(14)16(18)17-13-7-9-22(19,20)10-13/h2-6,8,13H,7,9-10H2,1H3,(H,17,18). The van der Waals surface area contributed by atoms with Gasteiger partial charge in [-0.2, -0.15) is 0 Å². The second-order valence-corrected chi connectivity index (χ2v) is 8.75. The van der Waals surface area contributed by atoms with Crippen molar-refractivity contribution >= 4 is 27.1 Å². The Bertz CT molecular complexity index is 791. The number of amides is 1. The largest absolute Gasteiger partial charge is 0.348 e. The van der Waals surface area contributed by atoms with Gasteiger partial charge >= 0.3 is 0 Å². The molecule has 0 saturated carbocycles. The number of aryl methyl sites for hydroxylation is 1. The van der Waals surface area contributed by atoms with Crippen molar-refractivity contribution in [2.24, 2.45) is 0 Å². The van der Waals surface area contributed by atoms with Gasteiger partial charge in [0, 0.05) is 11.6 Å². The van der Waals surface area contributed by atoms with E-state index >= 15 is 0 Å². The molecule has 2 aromatic rings. The number of hydrogen-bond acceptors (Lipinski definition) is 4. The highest BCUT2D eigenvalue weighted by Crippen LogP contribution is 2.29. The predicted octanol–water partition coefficient (Wildman–Crippen LogP) is 2.64. The van der Waals surface area contributed by atoms with Crippen LogP contribution in [0.25, 0.3) is 11.1 Å². The molecule has 1 aliphatic heterocycles. The number of nitrogens with one attached hydrogen (secondary N) is 1. The molecule has 22 heavy (non-hydrogen) atoms. The molecule has 1 unspecified atom stereocenters. The van der Waals surface area contributed by atoms with Crippen LogP contribution in [-0.4, -0.2) is 31.9 Å². The van der Waals surface area contributed by atoms with E-state index in [4.69, 9.17) is 0 Å². The van der Waals surface area contributed by atoms with E-state index in [9.17, 15) is 13.2 Å². The molecule has 4 nitrogen and oxygen atoms in total. The maximum absolute atomic E-state index is 12.4. The number of carbonyl (C=O) groups excluding carboxylic acids is 1. The van der Waals surface area contributed by atoms with E-state index in [1.54, 1.807) is 0 Å². The molecular formula is C16H17NO3S2. The number of thiophene rings is 1. The zero-order valence-corrected chi connectivity index (χ0v) is 13.8. The van der Waals surface area contributed by atoms with E-state index in [-0.39, 0.29) is 23.5 Å². The van der Waals surface area contributed by atoms with Gasteiger partial charge < -0.3 is 5.32 Å². The van der Waals surface area contributed by atoms with Crippen LogP contribution in [0.15, 0.2) is 35.7 Å². The third kappa shape index (κ3) is 3.23. The topological polar surface area (TPSA) is 63.2 Å². The van der Waals surface area contributed by atoms with Gasteiger partial charge in [-0.1, -0.05) is 29.8 Å². The molecule has 1 atom stereocenters. The van der Waals surface area contributed by atoms with Crippen molar-refractivity contribution in [1.29, 1.82) is 0 Å². The van der Waals surface area contributed by atoms with Gasteiger partial charge in [0.05, 0.1) is 16.4 Å². The molecule has 1 amide bonds. The third-order valence-corrected chi connectivity index (χ3v) is 6.48. The Morgan fingerprint density at radius 2 is 1.95 bits per heavy atom. The van der Waals surface area contributed by atoms with Crippen LogP contribution in [0.2, 0.25) is 0 Å². The summed E-state index contributed by atoms with van der Waals surface area (Å²) in [6, 6.07) is 9.67. The summed E-state index contributed by atoms with van der Waals surface area (Å²) in [5.41, 5.74) is 3.06. The van der Waals surface area contributed by atoms with Gasteiger partial charge in [-0.3, -0.25) is 4.79 Å². The smallest absolute Gasteiger partial charge is 0.262 e. The minimum atomic E-state index is -2.99. The second kappa shape index (κ2) is 5.85. The van der Waals surface area contributed by atoms with Gasteiger partial charge in [-0.05, 0) is 30.4 Å². The Balaban J connectivity index is 1.80. The number of benzene rings is 1. The summed E-state index contributed by atoms with van der Waals surface area (Å²) in [5, 5.41) is 4.74. The fraction of sp³-hybridized carbons (Fsp3) is 0.312. The molecule has 0 spiro atoms. The van der Waals surface area contributed by atoms with Gasteiger partial charge in [-0.25, -0.2) is 8.42 Å². The first-order chi connectivity index (χ1) is 10.4.